The maximum atomic E-state index is 6.32. The average molecular weight is 667 g/mol. The average Bonchev–Trinajstić information content (AvgIpc) is 3.79. The monoisotopic (exact) mass is 666 g/mol. The molecule has 0 spiro atoms. The highest BCUT2D eigenvalue weighted by Crippen LogP contribution is 2.42. The van der Waals surface area contributed by atoms with Crippen molar-refractivity contribution in [3.63, 3.8) is 0 Å². The van der Waals surface area contributed by atoms with Crippen LogP contribution in [0.15, 0.2) is 167 Å². The highest BCUT2D eigenvalue weighted by Gasteiger charge is 2.20. The fourth-order valence-corrected chi connectivity index (χ4v) is 7.68. The number of hydrogen-bond donors (Lipinski definition) is 0. The van der Waals surface area contributed by atoms with Crippen LogP contribution in [0.3, 0.4) is 0 Å². The number of fused-ring (bicyclic) bond motifs is 9. The van der Waals surface area contributed by atoms with Crippen molar-refractivity contribution in [2.75, 3.05) is 0 Å². The zero-order chi connectivity index (χ0) is 34.2. The summed E-state index contributed by atoms with van der Waals surface area (Å²) in [6.07, 6.45) is 1.77. The molecule has 0 atom stereocenters. The molecule has 0 saturated heterocycles. The Morgan fingerprint density at radius 1 is 0.346 bits per heavy atom. The molecule has 0 bridgehead atoms. The molecule has 0 saturated carbocycles. The van der Waals surface area contributed by atoms with Crippen LogP contribution in [0.5, 0.6) is 0 Å². The van der Waals surface area contributed by atoms with Gasteiger partial charge in [-0.05, 0) is 63.7 Å². The number of furan rings is 2. The smallest absolute Gasteiger partial charge is 0.227 e. The van der Waals surface area contributed by atoms with Crippen LogP contribution >= 0.6 is 0 Å². The lowest BCUT2D eigenvalue weighted by atomic mass is 9.91. The minimum atomic E-state index is 0.590. The van der Waals surface area contributed by atoms with Gasteiger partial charge in [0.15, 0.2) is 17.5 Å². The second-order valence-corrected chi connectivity index (χ2v) is 13.0. The van der Waals surface area contributed by atoms with Gasteiger partial charge in [-0.15, -0.1) is 0 Å². The van der Waals surface area contributed by atoms with Crippen molar-refractivity contribution in [1.29, 1.82) is 0 Å². The topological polar surface area (TPSA) is 77.8 Å². The minimum Gasteiger partial charge on any atom is -0.456 e. The zero-order valence-corrected chi connectivity index (χ0v) is 27.6. The molecular formula is C46H26N4O2. The molecule has 0 N–H and O–H groups in total. The number of aromatic nitrogens is 4. The first-order valence-electron chi connectivity index (χ1n) is 17.2. The first-order chi connectivity index (χ1) is 25.8. The van der Waals surface area contributed by atoms with Crippen molar-refractivity contribution < 1.29 is 8.83 Å². The van der Waals surface area contributed by atoms with Crippen LogP contribution in [0.25, 0.3) is 111 Å². The maximum Gasteiger partial charge on any atom is 0.227 e. The molecule has 0 aliphatic carbocycles. The van der Waals surface area contributed by atoms with Crippen LogP contribution in [-0.4, -0.2) is 19.9 Å². The second kappa shape index (κ2) is 11.2. The summed E-state index contributed by atoms with van der Waals surface area (Å²) < 4.78 is 12.6. The number of rotatable bonds is 4. The van der Waals surface area contributed by atoms with Gasteiger partial charge in [-0.2, -0.15) is 0 Å². The van der Waals surface area contributed by atoms with Crippen LogP contribution < -0.4 is 0 Å². The molecule has 0 radical (unpaired) electrons. The van der Waals surface area contributed by atoms with E-state index in [9.17, 15) is 0 Å². The summed E-state index contributed by atoms with van der Waals surface area (Å²) in [5.74, 6) is 1.80. The Morgan fingerprint density at radius 3 is 1.81 bits per heavy atom. The van der Waals surface area contributed by atoms with Gasteiger partial charge in [0.05, 0.1) is 0 Å². The van der Waals surface area contributed by atoms with Gasteiger partial charge in [0.25, 0.3) is 0 Å². The van der Waals surface area contributed by atoms with Gasteiger partial charge >= 0.3 is 0 Å². The molecular weight excluding hydrogens is 641 g/mol. The normalized spacial score (nSPS) is 11.8. The van der Waals surface area contributed by atoms with Crippen molar-refractivity contribution in [3.8, 4) is 45.3 Å². The molecule has 6 heteroatoms. The van der Waals surface area contributed by atoms with Crippen molar-refractivity contribution in [2.45, 2.75) is 0 Å². The van der Waals surface area contributed by atoms with E-state index in [1.165, 1.54) is 0 Å². The Hall–Kier alpha value is -7.18. The maximum absolute atomic E-state index is 6.32. The first-order valence-corrected chi connectivity index (χ1v) is 17.2. The summed E-state index contributed by atoms with van der Waals surface area (Å²) in [7, 11) is 0. The van der Waals surface area contributed by atoms with Gasteiger partial charge < -0.3 is 8.83 Å². The van der Waals surface area contributed by atoms with Crippen LogP contribution in [0, 0.1) is 0 Å². The summed E-state index contributed by atoms with van der Waals surface area (Å²) in [6, 6.07) is 51.8. The van der Waals surface area contributed by atoms with Crippen molar-refractivity contribution in [1.82, 2.24) is 19.9 Å². The van der Waals surface area contributed by atoms with E-state index >= 15 is 0 Å². The quantitative estimate of drug-likeness (QED) is 0.186. The molecule has 11 aromatic rings. The first kappa shape index (κ1) is 28.6. The molecule has 6 nitrogen and oxygen atoms in total. The van der Waals surface area contributed by atoms with E-state index in [0.717, 1.165) is 87.7 Å². The second-order valence-electron chi connectivity index (χ2n) is 13.0. The highest BCUT2D eigenvalue weighted by atomic mass is 16.3. The fourth-order valence-electron chi connectivity index (χ4n) is 7.68. The molecule has 0 aliphatic rings. The van der Waals surface area contributed by atoms with E-state index < -0.39 is 0 Å². The van der Waals surface area contributed by atoms with Crippen molar-refractivity contribution >= 4 is 65.6 Å². The minimum absolute atomic E-state index is 0.590. The van der Waals surface area contributed by atoms with E-state index in [2.05, 4.69) is 89.9 Å². The van der Waals surface area contributed by atoms with E-state index in [1.54, 1.807) is 6.20 Å². The number of nitrogens with zero attached hydrogens (tertiary/aromatic N) is 4. The highest BCUT2D eigenvalue weighted by molar-refractivity contribution is 6.18. The zero-order valence-electron chi connectivity index (χ0n) is 27.6. The molecule has 4 heterocycles. The Bertz CT molecular complexity index is 3200. The van der Waals surface area contributed by atoms with Crippen LogP contribution in [0.4, 0.5) is 0 Å². The van der Waals surface area contributed by atoms with Crippen molar-refractivity contribution in [3.05, 3.63) is 158 Å². The Morgan fingerprint density at radius 2 is 0.923 bits per heavy atom. The Labute approximate surface area is 296 Å². The van der Waals surface area contributed by atoms with E-state index in [4.69, 9.17) is 23.8 Å². The SMILES string of the molecule is c1ccc(-c2nc(-c3ccc(-c4cccc5c4ccc4c6cccnc6oc54)c4ccccc34)nc(-c3cccc4oc5ccccc5c34)n2)cc1. The van der Waals surface area contributed by atoms with E-state index in [0.29, 0.717) is 23.2 Å². The molecule has 7 aromatic carbocycles. The number of pyridine rings is 1. The van der Waals surface area contributed by atoms with Gasteiger partial charge in [-0.3, -0.25) is 0 Å². The molecule has 0 unspecified atom stereocenters. The van der Waals surface area contributed by atoms with Crippen LogP contribution in [0.2, 0.25) is 0 Å². The summed E-state index contributed by atoms with van der Waals surface area (Å²) in [6.45, 7) is 0. The summed E-state index contributed by atoms with van der Waals surface area (Å²) >= 11 is 0. The predicted molar refractivity (Wildman–Crippen MR) is 209 cm³/mol. The molecule has 0 amide bonds. The number of benzene rings is 7. The lowest BCUT2D eigenvalue weighted by Crippen LogP contribution is -2.01. The Balaban J connectivity index is 1.14. The standard InChI is InChI=1S/C46H26N4O2/c1-2-11-27(12-3-1)43-48-44(50-45(49-43)38-18-9-21-40-41(38)37-15-6-7-20-39(37)51-40)35-25-23-31(28-13-4-5-14-30(28)35)29-16-8-17-33-32(29)22-24-34-36-19-10-26-47-46(36)52-42(33)34/h1-26H. The fraction of sp³-hybridized carbons (Fsp3) is 0. The lowest BCUT2D eigenvalue weighted by molar-refractivity contribution is 0.657. The van der Waals surface area contributed by atoms with Gasteiger partial charge in [0, 0.05) is 49.8 Å². The Kier molecular flexibility index (Phi) is 6.15. The molecule has 0 aliphatic heterocycles. The third-order valence-corrected chi connectivity index (χ3v) is 10.0. The third-order valence-electron chi connectivity index (χ3n) is 10.0. The van der Waals surface area contributed by atoms with E-state index in [1.807, 2.05) is 66.7 Å². The van der Waals surface area contributed by atoms with Crippen LogP contribution in [0.1, 0.15) is 0 Å². The molecule has 242 valence electrons. The summed E-state index contributed by atoms with van der Waals surface area (Å²) in [5.41, 5.74) is 8.09. The van der Waals surface area contributed by atoms with Gasteiger partial charge in [-0.25, -0.2) is 19.9 Å². The van der Waals surface area contributed by atoms with Gasteiger partial charge in [0.1, 0.15) is 16.7 Å². The van der Waals surface area contributed by atoms with Gasteiger partial charge in [0.2, 0.25) is 5.71 Å². The molecule has 0 fully saturated rings. The summed E-state index contributed by atoms with van der Waals surface area (Å²) in [4.78, 5) is 19.9. The van der Waals surface area contributed by atoms with Crippen molar-refractivity contribution in [2.24, 2.45) is 0 Å². The predicted octanol–water partition coefficient (Wildman–Crippen LogP) is 12.0. The lowest BCUT2D eigenvalue weighted by Gasteiger charge is -2.14. The third kappa shape index (κ3) is 4.31. The molecule has 11 rings (SSSR count). The summed E-state index contributed by atoms with van der Waals surface area (Å²) in [5, 5.41) is 8.41. The number of hydrogen-bond acceptors (Lipinski definition) is 6. The number of para-hydroxylation sites is 1. The molecule has 52 heavy (non-hydrogen) atoms. The van der Waals surface area contributed by atoms with Gasteiger partial charge in [-0.1, -0.05) is 115 Å². The van der Waals surface area contributed by atoms with E-state index in [-0.39, 0.29) is 0 Å². The van der Waals surface area contributed by atoms with Crippen LogP contribution in [-0.2, 0) is 0 Å². The largest absolute Gasteiger partial charge is 0.456 e. The molecule has 4 aromatic heterocycles.